The molecule has 1 aromatic carbocycles. The molecule has 0 aliphatic carbocycles. The molecule has 0 saturated heterocycles. The maximum Gasteiger partial charge on any atom is 0.272 e. The lowest BCUT2D eigenvalue weighted by atomic mass is 10.1. The first-order valence-corrected chi connectivity index (χ1v) is 9.32. The molecule has 30 heavy (non-hydrogen) atoms. The molecule has 0 spiro atoms. The molecule has 2 aromatic heterocycles. The van der Waals surface area contributed by atoms with E-state index in [-0.39, 0.29) is 35.4 Å². The summed E-state index contributed by atoms with van der Waals surface area (Å²) in [4.78, 5) is 31.1. The van der Waals surface area contributed by atoms with Gasteiger partial charge in [0.2, 0.25) is 0 Å². The molecule has 1 aliphatic heterocycles. The van der Waals surface area contributed by atoms with Crippen LogP contribution in [0.3, 0.4) is 0 Å². The number of aromatic nitrogens is 3. The number of nitrogens with zero attached hydrogens (tertiary/aromatic N) is 4. The second-order valence-electron chi connectivity index (χ2n) is 6.95. The van der Waals surface area contributed by atoms with E-state index >= 15 is 0 Å². The fourth-order valence-corrected chi connectivity index (χ4v) is 3.47. The van der Waals surface area contributed by atoms with Crippen molar-refractivity contribution in [2.75, 3.05) is 7.11 Å². The standard InChI is InChI=1S/C21H20FN5O3/c1-26-17-12-27(21(29)14-5-6-18(30-2)16(22)8-14)11-15(17)19(25-26)20(28)24-10-13-4-3-7-23-9-13/h3-9H,10-12H2,1-2H3,(H,24,28). The van der Waals surface area contributed by atoms with Gasteiger partial charge in [0.05, 0.1) is 25.9 Å². The van der Waals surface area contributed by atoms with Gasteiger partial charge in [-0.25, -0.2) is 4.39 Å². The second-order valence-corrected chi connectivity index (χ2v) is 6.95. The van der Waals surface area contributed by atoms with E-state index in [1.54, 1.807) is 35.1 Å². The molecule has 0 radical (unpaired) electrons. The highest BCUT2D eigenvalue weighted by atomic mass is 19.1. The number of hydrogen-bond donors (Lipinski definition) is 1. The van der Waals surface area contributed by atoms with Gasteiger partial charge in [-0.15, -0.1) is 0 Å². The lowest BCUT2D eigenvalue weighted by molar-refractivity contribution is 0.0745. The zero-order valence-corrected chi connectivity index (χ0v) is 16.6. The van der Waals surface area contributed by atoms with Gasteiger partial charge < -0.3 is 15.0 Å². The maximum absolute atomic E-state index is 14.0. The minimum Gasteiger partial charge on any atom is -0.494 e. The molecule has 0 saturated carbocycles. The second kappa shape index (κ2) is 7.94. The van der Waals surface area contributed by atoms with Crippen molar-refractivity contribution in [3.63, 3.8) is 0 Å². The summed E-state index contributed by atoms with van der Waals surface area (Å²) in [6.07, 6.45) is 3.34. The van der Waals surface area contributed by atoms with Gasteiger partial charge in [-0.3, -0.25) is 19.3 Å². The fourth-order valence-electron chi connectivity index (χ4n) is 3.47. The zero-order chi connectivity index (χ0) is 21.3. The van der Waals surface area contributed by atoms with Gasteiger partial charge in [0.1, 0.15) is 0 Å². The normalized spacial score (nSPS) is 12.6. The van der Waals surface area contributed by atoms with Crippen molar-refractivity contribution in [3.8, 4) is 5.75 Å². The summed E-state index contributed by atoms with van der Waals surface area (Å²) >= 11 is 0. The Bertz CT molecular complexity index is 1110. The van der Waals surface area contributed by atoms with E-state index in [0.717, 1.165) is 17.3 Å². The van der Waals surface area contributed by atoms with Crippen LogP contribution in [0.25, 0.3) is 0 Å². The molecule has 9 heteroatoms. The summed E-state index contributed by atoms with van der Waals surface area (Å²) in [6.45, 7) is 0.846. The van der Waals surface area contributed by atoms with Crippen LogP contribution in [0.15, 0.2) is 42.7 Å². The van der Waals surface area contributed by atoms with Crippen LogP contribution in [-0.4, -0.2) is 38.6 Å². The quantitative estimate of drug-likeness (QED) is 0.697. The third-order valence-corrected chi connectivity index (χ3v) is 5.04. The van der Waals surface area contributed by atoms with Gasteiger partial charge in [0, 0.05) is 37.1 Å². The minimum atomic E-state index is -0.600. The molecule has 3 aromatic rings. The molecule has 1 N–H and O–H groups in total. The molecule has 1 aliphatic rings. The predicted molar refractivity (Wildman–Crippen MR) is 105 cm³/mol. The first-order chi connectivity index (χ1) is 14.5. The number of aryl methyl sites for hydroxylation is 1. The number of rotatable bonds is 5. The van der Waals surface area contributed by atoms with Crippen LogP contribution in [0.1, 0.15) is 37.7 Å². The third-order valence-electron chi connectivity index (χ3n) is 5.04. The summed E-state index contributed by atoms with van der Waals surface area (Å²) in [5.41, 5.74) is 2.85. The smallest absolute Gasteiger partial charge is 0.272 e. The Balaban J connectivity index is 1.49. The number of carbonyl (C=O) groups excluding carboxylic acids is 2. The Morgan fingerprint density at radius 3 is 2.80 bits per heavy atom. The van der Waals surface area contributed by atoms with Crippen molar-refractivity contribution in [2.45, 2.75) is 19.6 Å². The largest absolute Gasteiger partial charge is 0.494 e. The number of pyridine rings is 1. The van der Waals surface area contributed by atoms with Crippen molar-refractivity contribution in [1.29, 1.82) is 0 Å². The number of amides is 2. The van der Waals surface area contributed by atoms with Crippen LogP contribution < -0.4 is 10.1 Å². The van der Waals surface area contributed by atoms with Crippen LogP contribution in [0.5, 0.6) is 5.75 Å². The number of carbonyl (C=O) groups is 2. The number of halogens is 1. The van der Waals surface area contributed by atoms with E-state index in [0.29, 0.717) is 18.7 Å². The molecule has 0 atom stereocenters. The van der Waals surface area contributed by atoms with E-state index < -0.39 is 5.82 Å². The van der Waals surface area contributed by atoms with E-state index in [1.807, 2.05) is 6.07 Å². The summed E-state index contributed by atoms with van der Waals surface area (Å²) in [6, 6.07) is 7.76. The highest BCUT2D eigenvalue weighted by Crippen LogP contribution is 2.28. The SMILES string of the molecule is COc1ccc(C(=O)N2Cc3c(C(=O)NCc4cccnc4)nn(C)c3C2)cc1F. The van der Waals surface area contributed by atoms with Gasteiger partial charge in [-0.05, 0) is 29.8 Å². The van der Waals surface area contributed by atoms with Crippen molar-refractivity contribution < 1.29 is 18.7 Å². The van der Waals surface area contributed by atoms with Crippen LogP contribution in [-0.2, 0) is 26.7 Å². The molecule has 4 rings (SSSR count). The van der Waals surface area contributed by atoms with Crippen molar-refractivity contribution in [3.05, 3.63) is 76.6 Å². The summed E-state index contributed by atoms with van der Waals surface area (Å²) < 4.78 is 20.5. The molecule has 2 amide bonds. The fraction of sp³-hybridized carbons (Fsp3) is 0.238. The van der Waals surface area contributed by atoms with Gasteiger partial charge in [-0.1, -0.05) is 6.07 Å². The summed E-state index contributed by atoms with van der Waals surface area (Å²) in [5.74, 6) is -1.17. The number of benzene rings is 1. The van der Waals surface area contributed by atoms with E-state index in [4.69, 9.17) is 4.74 Å². The summed E-state index contributed by atoms with van der Waals surface area (Å²) in [5, 5.41) is 7.15. The number of methoxy groups -OCH3 is 1. The third kappa shape index (κ3) is 3.61. The number of nitrogens with one attached hydrogen (secondary N) is 1. The van der Waals surface area contributed by atoms with Gasteiger partial charge in [-0.2, -0.15) is 5.10 Å². The summed E-state index contributed by atoms with van der Waals surface area (Å²) in [7, 11) is 3.10. The average molecular weight is 409 g/mol. The lowest BCUT2D eigenvalue weighted by Crippen LogP contribution is -2.28. The molecular formula is C21H20FN5O3. The maximum atomic E-state index is 14.0. The average Bonchev–Trinajstić information content (AvgIpc) is 3.33. The molecule has 0 unspecified atom stereocenters. The Labute approximate surface area is 172 Å². The first-order valence-electron chi connectivity index (χ1n) is 9.32. The highest BCUT2D eigenvalue weighted by molar-refractivity contribution is 5.96. The Morgan fingerprint density at radius 1 is 1.27 bits per heavy atom. The van der Waals surface area contributed by atoms with Gasteiger partial charge >= 0.3 is 0 Å². The molecular weight excluding hydrogens is 389 g/mol. The molecule has 3 heterocycles. The molecule has 8 nitrogen and oxygen atoms in total. The topological polar surface area (TPSA) is 89.3 Å². The molecule has 154 valence electrons. The molecule has 0 bridgehead atoms. The first kappa shape index (κ1) is 19.6. The highest BCUT2D eigenvalue weighted by Gasteiger charge is 2.32. The minimum absolute atomic E-state index is 0.0769. The van der Waals surface area contributed by atoms with E-state index in [1.165, 1.54) is 19.2 Å². The van der Waals surface area contributed by atoms with Crippen molar-refractivity contribution >= 4 is 11.8 Å². The monoisotopic (exact) mass is 409 g/mol. The number of fused-ring (bicyclic) bond motifs is 1. The van der Waals surface area contributed by atoms with Gasteiger partial charge in [0.15, 0.2) is 17.3 Å². The van der Waals surface area contributed by atoms with E-state index in [9.17, 15) is 14.0 Å². The number of hydrogen-bond acceptors (Lipinski definition) is 5. The van der Waals surface area contributed by atoms with Crippen LogP contribution in [0.4, 0.5) is 4.39 Å². The Kier molecular flexibility index (Phi) is 5.18. The van der Waals surface area contributed by atoms with E-state index in [2.05, 4.69) is 15.4 Å². The Hall–Kier alpha value is -3.75. The van der Waals surface area contributed by atoms with Gasteiger partial charge in [0.25, 0.3) is 11.8 Å². The number of ether oxygens (including phenoxy) is 1. The molecule has 0 fully saturated rings. The Morgan fingerprint density at radius 2 is 2.10 bits per heavy atom. The lowest BCUT2D eigenvalue weighted by Gasteiger charge is -2.17. The van der Waals surface area contributed by atoms with Crippen LogP contribution in [0.2, 0.25) is 0 Å². The predicted octanol–water partition coefficient (Wildman–Crippen LogP) is 2.05. The van der Waals surface area contributed by atoms with Crippen LogP contribution in [0, 0.1) is 5.82 Å². The van der Waals surface area contributed by atoms with Crippen LogP contribution >= 0.6 is 0 Å². The zero-order valence-electron chi connectivity index (χ0n) is 16.6. The van der Waals surface area contributed by atoms with Crippen molar-refractivity contribution in [1.82, 2.24) is 25.0 Å². The van der Waals surface area contributed by atoms with Crippen molar-refractivity contribution in [2.24, 2.45) is 7.05 Å².